The molecular formula is C8H15NO. The zero-order valence-corrected chi connectivity index (χ0v) is 6.68. The Labute approximate surface area is 63.0 Å². The van der Waals surface area contributed by atoms with Crippen LogP contribution in [0.15, 0.2) is 0 Å². The maximum Gasteiger partial charge on any atom is 0.0671 e. The summed E-state index contributed by atoms with van der Waals surface area (Å²) in [4.78, 5) is 0. The first-order chi connectivity index (χ1) is 4.81. The minimum absolute atomic E-state index is 0.262. The van der Waals surface area contributed by atoms with Crippen LogP contribution in [0.5, 0.6) is 0 Å². The van der Waals surface area contributed by atoms with Crippen molar-refractivity contribution in [2.75, 3.05) is 20.2 Å². The van der Waals surface area contributed by atoms with Crippen LogP contribution in [0.4, 0.5) is 0 Å². The average Bonchev–Trinajstić information content (AvgIpc) is 1.89. The number of ether oxygens (including phenoxy) is 1. The van der Waals surface area contributed by atoms with Crippen LogP contribution in [0.1, 0.15) is 13.3 Å². The van der Waals surface area contributed by atoms with Gasteiger partial charge in [0.25, 0.3) is 0 Å². The Kier molecular flexibility index (Phi) is 6.25. The SMILES string of the molecule is C#CCCOC(C)CNC. The maximum atomic E-state index is 5.32. The van der Waals surface area contributed by atoms with Gasteiger partial charge in [0.1, 0.15) is 0 Å². The van der Waals surface area contributed by atoms with Crippen molar-refractivity contribution in [3.63, 3.8) is 0 Å². The van der Waals surface area contributed by atoms with Gasteiger partial charge in [-0.05, 0) is 14.0 Å². The molecular weight excluding hydrogens is 126 g/mol. The Balaban J connectivity index is 3.06. The summed E-state index contributed by atoms with van der Waals surface area (Å²) in [7, 11) is 1.90. The summed E-state index contributed by atoms with van der Waals surface area (Å²) in [6.45, 7) is 3.57. The van der Waals surface area contributed by atoms with Gasteiger partial charge >= 0.3 is 0 Å². The van der Waals surface area contributed by atoms with E-state index in [1.165, 1.54) is 0 Å². The Hall–Kier alpha value is -0.520. The summed E-state index contributed by atoms with van der Waals surface area (Å²) >= 11 is 0. The lowest BCUT2D eigenvalue weighted by atomic mass is 10.4. The molecule has 1 unspecified atom stereocenters. The van der Waals surface area contributed by atoms with Gasteiger partial charge in [-0.3, -0.25) is 0 Å². The highest BCUT2D eigenvalue weighted by Gasteiger charge is 1.97. The quantitative estimate of drug-likeness (QED) is 0.448. The van der Waals surface area contributed by atoms with Gasteiger partial charge in [0.2, 0.25) is 0 Å². The number of nitrogens with one attached hydrogen (secondary N) is 1. The van der Waals surface area contributed by atoms with Crippen LogP contribution in [0.25, 0.3) is 0 Å². The zero-order valence-electron chi connectivity index (χ0n) is 6.68. The number of terminal acetylenes is 1. The first-order valence-corrected chi connectivity index (χ1v) is 3.51. The van der Waals surface area contributed by atoms with E-state index in [2.05, 4.69) is 11.2 Å². The van der Waals surface area contributed by atoms with Crippen LogP contribution in [-0.4, -0.2) is 26.3 Å². The molecule has 0 spiro atoms. The molecule has 0 amide bonds. The summed E-state index contributed by atoms with van der Waals surface area (Å²) in [6.07, 6.45) is 6.01. The van der Waals surface area contributed by atoms with Gasteiger partial charge in [-0.2, -0.15) is 0 Å². The third-order valence-corrected chi connectivity index (χ3v) is 1.14. The molecule has 10 heavy (non-hydrogen) atoms. The maximum absolute atomic E-state index is 5.32. The fourth-order valence-corrected chi connectivity index (χ4v) is 0.665. The van der Waals surface area contributed by atoms with E-state index in [1.54, 1.807) is 0 Å². The Bertz CT molecular complexity index is 106. The van der Waals surface area contributed by atoms with E-state index < -0.39 is 0 Å². The van der Waals surface area contributed by atoms with Gasteiger partial charge in [-0.15, -0.1) is 12.3 Å². The second-order valence-electron chi connectivity index (χ2n) is 2.19. The van der Waals surface area contributed by atoms with Gasteiger partial charge in [-0.1, -0.05) is 0 Å². The summed E-state index contributed by atoms with van der Waals surface area (Å²) in [6, 6.07) is 0. The van der Waals surface area contributed by atoms with E-state index in [9.17, 15) is 0 Å². The highest BCUT2D eigenvalue weighted by Crippen LogP contribution is 1.89. The third-order valence-electron chi connectivity index (χ3n) is 1.14. The molecule has 0 aromatic heterocycles. The van der Waals surface area contributed by atoms with Crippen LogP contribution in [0.3, 0.4) is 0 Å². The Morgan fingerprint density at radius 2 is 2.40 bits per heavy atom. The summed E-state index contributed by atoms with van der Waals surface area (Å²) in [5, 5.41) is 3.02. The molecule has 58 valence electrons. The molecule has 2 heteroatoms. The molecule has 0 rings (SSSR count). The predicted octanol–water partition coefficient (Wildman–Crippen LogP) is 0.634. The summed E-state index contributed by atoms with van der Waals surface area (Å²) in [5.74, 6) is 2.52. The lowest BCUT2D eigenvalue weighted by Gasteiger charge is -2.10. The van der Waals surface area contributed by atoms with E-state index >= 15 is 0 Å². The van der Waals surface area contributed by atoms with Crippen molar-refractivity contribution in [3.05, 3.63) is 0 Å². The van der Waals surface area contributed by atoms with Gasteiger partial charge in [-0.25, -0.2) is 0 Å². The Morgan fingerprint density at radius 3 is 2.90 bits per heavy atom. The molecule has 0 aliphatic heterocycles. The third kappa shape index (κ3) is 5.61. The minimum atomic E-state index is 0.262. The molecule has 1 N–H and O–H groups in total. The lowest BCUT2D eigenvalue weighted by Crippen LogP contribution is -2.23. The molecule has 0 aliphatic carbocycles. The first-order valence-electron chi connectivity index (χ1n) is 3.51. The molecule has 0 heterocycles. The van der Waals surface area contributed by atoms with Crippen LogP contribution in [0.2, 0.25) is 0 Å². The highest BCUT2D eigenvalue weighted by molar-refractivity contribution is 4.82. The Morgan fingerprint density at radius 1 is 1.70 bits per heavy atom. The molecule has 0 saturated carbocycles. The molecule has 0 saturated heterocycles. The smallest absolute Gasteiger partial charge is 0.0671 e. The van der Waals surface area contributed by atoms with Crippen molar-refractivity contribution in [2.45, 2.75) is 19.4 Å². The van der Waals surface area contributed by atoms with Crippen molar-refractivity contribution in [3.8, 4) is 12.3 Å². The molecule has 2 nitrogen and oxygen atoms in total. The molecule has 0 bridgehead atoms. The molecule has 0 fully saturated rings. The van der Waals surface area contributed by atoms with Gasteiger partial charge in [0.05, 0.1) is 12.7 Å². The largest absolute Gasteiger partial charge is 0.376 e. The van der Waals surface area contributed by atoms with E-state index in [1.807, 2.05) is 14.0 Å². The van der Waals surface area contributed by atoms with E-state index in [-0.39, 0.29) is 6.10 Å². The predicted molar refractivity (Wildman–Crippen MR) is 42.8 cm³/mol. The highest BCUT2D eigenvalue weighted by atomic mass is 16.5. The number of hydrogen-bond acceptors (Lipinski definition) is 2. The van der Waals surface area contributed by atoms with E-state index in [4.69, 9.17) is 11.2 Å². The van der Waals surface area contributed by atoms with Crippen molar-refractivity contribution in [2.24, 2.45) is 0 Å². The zero-order chi connectivity index (χ0) is 7.82. The van der Waals surface area contributed by atoms with Gasteiger partial charge in [0.15, 0.2) is 0 Å². The second-order valence-corrected chi connectivity index (χ2v) is 2.19. The number of likely N-dealkylation sites (N-methyl/N-ethyl adjacent to an activating group) is 1. The molecule has 0 aliphatic rings. The topological polar surface area (TPSA) is 21.3 Å². The number of hydrogen-bond donors (Lipinski definition) is 1. The van der Waals surface area contributed by atoms with Gasteiger partial charge in [0, 0.05) is 13.0 Å². The van der Waals surface area contributed by atoms with Crippen molar-refractivity contribution in [1.29, 1.82) is 0 Å². The summed E-state index contributed by atoms with van der Waals surface area (Å²) < 4.78 is 5.32. The molecule has 1 atom stereocenters. The standard InChI is InChI=1S/C8H15NO/c1-4-5-6-10-8(2)7-9-3/h1,8-9H,5-7H2,2-3H3. The average molecular weight is 141 g/mol. The van der Waals surface area contributed by atoms with Crippen molar-refractivity contribution in [1.82, 2.24) is 5.32 Å². The van der Waals surface area contributed by atoms with Crippen molar-refractivity contribution >= 4 is 0 Å². The van der Waals surface area contributed by atoms with Crippen LogP contribution < -0.4 is 5.32 Å². The lowest BCUT2D eigenvalue weighted by molar-refractivity contribution is 0.0717. The fraction of sp³-hybridized carbons (Fsp3) is 0.750. The molecule has 0 aromatic rings. The van der Waals surface area contributed by atoms with Gasteiger partial charge < -0.3 is 10.1 Å². The molecule has 0 aromatic carbocycles. The van der Waals surface area contributed by atoms with Crippen LogP contribution in [-0.2, 0) is 4.74 Å². The second kappa shape index (κ2) is 6.60. The normalized spacial score (nSPS) is 12.5. The van der Waals surface area contributed by atoms with E-state index in [0.29, 0.717) is 13.0 Å². The van der Waals surface area contributed by atoms with E-state index in [0.717, 1.165) is 6.54 Å². The monoisotopic (exact) mass is 141 g/mol. The van der Waals surface area contributed by atoms with Crippen molar-refractivity contribution < 1.29 is 4.74 Å². The minimum Gasteiger partial charge on any atom is -0.376 e. The fourth-order valence-electron chi connectivity index (χ4n) is 0.665. The van der Waals surface area contributed by atoms with Crippen LogP contribution in [0, 0.1) is 12.3 Å². The first kappa shape index (κ1) is 9.48. The molecule has 0 radical (unpaired) electrons. The summed E-state index contributed by atoms with van der Waals surface area (Å²) in [5.41, 5.74) is 0. The van der Waals surface area contributed by atoms with Crippen LogP contribution >= 0.6 is 0 Å². The number of rotatable bonds is 5.